The van der Waals surface area contributed by atoms with Gasteiger partial charge in [0.2, 0.25) is 0 Å². The highest BCUT2D eigenvalue weighted by Crippen LogP contribution is 2.35. The van der Waals surface area contributed by atoms with Crippen molar-refractivity contribution in [3.8, 4) is 17.0 Å². The van der Waals surface area contributed by atoms with E-state index >= 15 is 0 Å². The van der Waals surface area contributed by atoms with E-state index in [2.05, 4.69) is 43.1 Å². The average Bonchev–Trinajstić information content (AvgIpc) is 2.91. The van der Waals surface area contributed by atoms with E-state index in [0.29, 0.717) is 0 Å². The molecule has 1 aromatic carbocycles. The van der Waals surface area contributed by atoms with Crippen LogP contribution in [-0.2, 0) is 6.42 Å². The van der Waals surface area contributed by atoms with Crippen LogP contribution >= 0.6 is 0 Å². The predicted molar refractivity (Wildman–Crippen MR) is 149 cm³/mol. The highest BCUT2D eigenvalue weighted by atomic mass is 16.5. The summed E-state index contributed by atoms with van der Waals surface area (Å²) in [5.41, 5.74) is 3.44. The summed E-state index contributed by atoms with van der Waals surface area (Å²) < 4.78 is 6.28. The van der Waals surface area contributed by atoms with Crippen molar-refractivity contribution in [2.75, 3.05) is 6.61 Å². The third-order valence-corrected chi connectivity index (χ3v) is 8.05. The van der Waals surface area contributed by atoms with E-state index in [1.165, 1.54) is 102 Å². The highest BCUT2D eigenvalue weighted by molar-refractivity contribution is 5.69. The van der Waals surface area contributed by atoms with Crippen LogP contribution in [0.25, 0.3) is 11.3 Å². The molecule has 1 fully saturated rings. The van der Waals surface area contributed by atoms with Crippen molar-refractivity contribution >= 4 is 0 Å². The van der Waals surface area contributed by atoms with Gasteiger partial charge in [0.1, 0.15) is 12.1 Å². The van der Waals surface area contributed by atoms with Gasteiger partial charge >= 0.3 is 0 Å². The van der Waals surface area contributed by atoms with Gasteiger partial charge in [-0.25, -0.2) is 9.97 Å². The summed E-state index contributed by atoms with van der Waals surface area (Å²) in [6, 6.07) is 8.43. The zero-order chi connectivity index (χ0) is 24.6. The molecule has 0 saturated heterocycles. The number of hydrogen-bond acceptors (Lipinski definition) is 3. The van der Waals surface area contributed by atoms with Gasteiger partial charge in [-0.15, -0.1) is 0 Å². The molecule has 1 heterocycles. The van der Waals surface area contributed by atoms with Crippen LogP contribution in [0.15, 0.2) is 36.8 Å². The van der Waals surface area contributed by atoms with Crippen LogP contribution in [-0.4, -0.2) is 16.6 Å². The minimum atomic E-state index is 0.786. The van der Waals surface area contributed by atoms with E-state index in [1.54, 1.807) is 6.33 Å². The summed E-state index contributed by atoms with van der Waals surface area (Å²) >= 11 is 0. The van der Waals surface area contributed by atoms with Gasteiger partial charge in [-0.05, 0) is 48.8 Å². The summed E-state index contributed by atoms with van der Waals surface area (Å²) in [5.74, 6) is 2.78. The van der Waals surface area contributed by atoms with Crippen molar-refractivity contribution in [2.24, 2.45) is 11.8 Å². The van der Waals surface area contributed by atoms with E-state index in [9.17, 15) is 0 Å². The van der Waals surface area contributed by atoms with E-state index < -0.39 is 0 Å². The second-order valence-electron chi connectivity index (χ2n) is 10.8. The SMILES string of the molecule is CCCCCCCCCCCCOc1ccccc1-c1ncncc1CCC1CCC(CC)CC1. The summed E-state index contributed by atoms with van der Waals surface area (Å²) in [7, 11) is 0. The maximum absolute atomic E-state index is 6.28. The Morgan fingerprint density at radius 3 is 2.17 bits per heavy atom. The number of unbranched alkanes of at least 4 members (excludes halogenated alkanes) is 9. The second-order valence-corrected chi connectivity index (χ2v) is 10.8. The molecule has 0 radical (unpaired) electrons. The van der Waals surface area contributed by atoms with Gasteiger partial charge in [-0.1, -0.05) is 116 Å². The van der Waals surface area contributed by atoms with Gasteiger partial charge in [0.05, 0.1) is 12.3 Å². The van der Waals surface area contributed by atoms with Gasteiger partial charge in [-0.2, -0.15) is 0 Å². The van der Waals surface area contributed by atoms with Crippen LogP contribution in [0.3, 0.4) is 0 Å². The third kappa shape index (κ3) is 9.94. The summed E-state index contributed by atoms with van der Waals surface area (Å²) in [4.78, 5) is 9.08. The zero-order valence-electron chi connectivity index (χ0n) is 22.6. The van der Waals surface area contributed by atoms with Crippen LogP contribution in [0, 0.1) is 11.8 Å². The molecular weight excluding hydrogens is 428 g/mol. The summed E-state index contributed by atoms with van der Waals surface area (Å²) in [6.07, 6.45) is 26.4. The lowest BCUT2D eigenvalue weighted by Crippen LogP contribution is -2.14. The fraction of sp³-hybridized carbons (Fsp3) is 0.688. The topological polar surface area (TPSA) is 35.0 Å². The van der Waals surface area contributed by atoms with Crippen molar-refractivity contribution in [3.63, 3.8) is 0 Å². The standard InChI is InChI=1S/C32H50N2O/c1-3-5-6-7-8-9-10-11-12-15-24-35-31-17-14-13-16-30(31)32-29(25-33-26-34-32)23-22-28-20-18-27(4-2)19-21-28/h13-14,16-17,25-28H,3-12,15,18-24H2,1-2H3. The molecule has 3 rings (SSSR count). The van der Waals surface area contributed by atoms with Crippen molar-refractivity contribution in [3.05, 3.63) is 42.4 Å². The first kappa shape index (κ1) is 27.7. The molecule has 1 saturated carbocycles. The molecule has 0 N–H and O–H groups in total. The van der Waals surface area contributed by atoms with Crippen LogP contribution < -0.4 is 4.74 Å². The van der Waals surface area contributed by atoms with Crippen LogP contribution in [0.2, 0.25) is 0 Å². The molecule has 1 aliphatic rings. The number of benzene rings is 1. The normalized spacial score (nSPS) is 18.0. The molecule has 0 spiro atoms. The molecule has 35 heavy (non-hydrogen) atoms. The van der Waals surface area contributed by atoms with E-state index in [0.717, 1.165) is 48.3 Å². The largest absolute Gasteiger partial charge is 0.493 e. The average molecular weight is 479 g/mol. The van der Waals surface area contributed by atoms with Crippen LogP contribution in [0.1, 0.15) is 122 Å². The highest BCUT2D eigenvalue weighted by Gasteiger charge is 2.21. The van der Waals surface area contributed by atoms with Crippen molar-refractivity contribution in [1.29, 1.82) is 0 Å². The molecule has 1 aliphatic carbocycles. The Kier molecular flexibility index (Phi) is 13.2. The molecule has 0 atom stereocenters. The van der Waals surface area contributed by atoms with Gasteiger partial charge in [0, 0.05) is 11.8 Å². The van der Waals surface area contributed by atoms with Gasteiger partial charge < -0.3 is 4.74 Å². The number of ether oxygens (including phenoxy) is 1. The Bertz CT molecular complexity index is 813. The lowest BCUT2D eigenvalue weighted by Gasteiger charge is -2.27. The molecule has 2 aromatic rings. The number of aryl methyl sites for hydroxylation is 1. The molecule has 0 aliphatic heterocycles. The number of aromatic nitrogens is 2. The van der Waals surface area contributed by atoms with Crippen molar-refractivity contribution in [1.82, 2.24) is 9.97 Å². The molecule has 3 nitrogen and oxygen atoms in total. The van der Waals surface area contributed by atoms with Gasteiger partial charge in [0.25, 0.3) is 0 Å². The van der Waals surface area contributed by atoms with Gasteiger partial charge in [0.15, 0.2) is 0 Å². The van der Waals surface area contributed by atoms with E-state index in [-0.39, 0.29) is 0 Å². The van der Waals surface area contributed by atoms with E-state index in [4.69, 9.17) is 9.72 Å². The lowest BCUT2D eigenvalue weighted by molar-refractivity contribution is 0.259. The molecule has 3 heteroatoms. The summed E-state index contributed by atoms with van der Waals surface area (Å²) in [5, 5.41) is 0. The Morgan fingerprint density at radius 2 is 1.46 bits per heavy atom. The Balaban J connectivity index is 1.44. The maximum atomic E-state index is 6.28. The van der Waals surface area contributed by atoms with Crippen molar-refractivity contribution < 1.29 is 4.74 Å². The smallest absolute Gasteiger partial charge is 0.128 e. The maximum Gasteiger partial charge on any atom is 0.128 e. The molecule has 1 aromatic heterocycles. The lowest BCUT2D eigenvalue weighted by atomic mass is 9.78. The number of hydrogen-bond donors (Lipinski definition) is 0. The Morgan fingerprint density at radius 1 is 0.800 bits per heavy atom. The first-order valence-corrected chi connectivity index (χ1v) is 14.8. The fourth-order valence-electron chi connectivity index (χ4n) is 5.63. The zero-order valence-corrected chi connectivity index (χ0v) is 22.6. The minimum absolute atomic E-state index is 0.786. The Hall–Kier alpha value is -1.90. The number of rotatable bonds is 17. The molecule has 0 bridgehead atoms. The first-order valence-electron chi connectivity index (χ1n) is 14.8. The first-order chi connectivity index (χ1) is 17.3. The number of nitrogens with zero attached hydrogens (tertiary/aromatic N) is 2. The molecular formula is C32H50N2O. The van der Waals surface area contributed by atoms with Gasteiger partial charge in [-0.3, -0.25) is 0 Å². The predicted octanol–water partition coefficient (Wildman–Crippen LogP) is 9.59. The molecule has 0 unspecified atom stereocenters. The fourth-order valence-corrected chi connectivity index (χ4v) is 5.63. The second kappa shape index (κ2) is 16.7. The monoisotopic (exact) mass is 478 g/mol. The molecule has 194 valence electrons. The van der Waals surface area contributed by atoms with Crippen molar-refractivity contribution in [2.45, 2.75) is 123 Å². The number of para-hydroxylation sites is 1. The molecule has 0 amide bonds. The van der Waals surface area contributed by atoms with Crippen LogP contribution in [0.4, 0.5) is 0 Å². The third-order valence-electron chi connectivity index (χ3n) is 8.05. The quantitative estimate of drug-likeness (QED) is 0.212. The van der Waals surface area contributed by atoms with Crippen LogP contribution in [0.5, 0.6) is 5.75 Å². The summed E-state index contributed by atoms with van der Waals surface area (Å²) in [6.45, 7) is 5.41. The van der Waals surface area contributed by atoms with E-state index in [1.807, 2.05) is 6.20 Å². The minimum Gasteiger partial charge on any atom is -0.493 e. The Labute approximate surface area is 215 Å².